The number of carbonyl (C=O) groups excluding carboxylic acids is 2. The van der Waals surface area contributed by atoms with Crippen molar-refractivity contribution in [1.29, 1.82) is 0 Å². The zero-order valence-corrected chi connectivity index (χ0v) is 13.7. The predicted octanol–water partition coefficient (Wildman–Crippen LogP) is 3.21. The Labute approximate surface area is 147 Å². The number of oxime groups is 1. The van der Waals surface area contributed by atoms with Crippen LogP contribution in [0.25, 0.3) is 0 Å². The number of hydrogen-bond donors (Lipinski definition) is 1. The Morgan fingerprint density at radius 3 is 2.46 bits per heavy atom. The molecule has 0 spiro atoms. The summed E-state index contributed by atoms with van der Waals surface area (Å²) < 4.78 is 32.1. The maximum Gasteiger partial charge on any atom is 0.343 e. The summed E-state index contributed by atoms with van der Waals surface area (Å²) in [7, 11) is 1.01. The Hall–Kier alpha value is -3.29. The summed E-state index contributed by atoms with van der Waals surface area (Å²) in [6.07, 6.45) is -0.173. The number of amides is 1. The molecule has 1 unspecified atom stereocenters. The van der Waals surface area contributed by atoms with Crippen LogP contribution < -0.4 is 5.32 Å². The molecule has 1 aliphatic rings. The minimum atomic E-state index is -1.14. The molecule has 1 aliphatic heterocycles. The van der Waals surface area contributed by atoms with E-state index in [-0.39, 0.29) is 17.8 Å². The molecule has 0 bridgehead atoms. The molecule has 0 saturated carbocycles. The first-order valence-electron chi connectivity index (χ1n) is 7.66. The smallest absolute Gasteiger partial charge is 0.343 e. The number of benzene rings is 2. The Kier molecular flexibility index (Phi) is 4.92. The molecule has 6 nitrogen and oxygen atoms in total. The Bertz CT molecular complexity index is 861. The fourth-order valence-corrected chi connectivity index (χ4v) is 2.50. The second-order valence-corrected chi connectivity index (χ2v) is 5.51. The van der Waals surface area contributed by atoms with Crippen molar-refractivity contribution in [3.8, 4) is 0 Å². The molecule has 3 rings (SSSR count). The average Bonchev–Trinajstić information content (AvgIpc) is 3.12. The Balaban J connectivity index is 1.70. The molecule has 0 fully saturated rings. The van der Waals surface area contributed by atoms with E-state index in [9.17, 15) is 18.4 Å². The third-order valence-corrected chi connectivity index (χ3v) is 3.79. The van der Waals surface area contributed by atoms with Crippen molar-refractivity contribution >= 4 is 23.3 Å². The topological polar surface area (TPSA) is 77.0 Å². The van der Waals surface area contributed by atoms with E-state index in [0.29, 0.717) is 0 Å². The molecular formula is C18H14F2N2O4. The standard InChI is InChI=1S/C18H14F2N2O4/c1-25-18(24)16-12(19)7-11(8-13(16)20)21-17(23)14-9-15(26-22-14)10-5-3-2-4-6-10/h2-8,15H,9H2,1H3,(H,21,23). The predicted molar refractivity (Wildman–Crippen MR) is 88.6 cm³/mol. The van der Waals surface area contributed by atoms with Crippen LogP contribution in [-0.4, -0.2) is 24.7 Å². The Morgan fingerprint density at radius 1 is 1.19 bits per heavy atom. The van der Waals surface area contributed by atoms with Gasteiger partial charge in [0.15, 0.2) is 6.10 Å². The minimum absolute atomic E-state index is 0.0942. The van der Waals surface area contributed by atoms with Crippen LogP contribution in [-0.2, 0) is 14.4 Å². The highest BCUT2D eigenvalue weighted by Crippen LogP contribution is 2.27. The number of esters is 1. The molecule has 0 aromatic heterocycles. The van der Waals surface area contributed by atoms with Crippen molar-refractivity contribution in [2.24, 2.45) is 5.16 Å². The summed E-state index contributed by atoms with van der Waals surface area (Å²) in [5.41, 5.74) is -0.0185. The number of anilines is 1. The number of halogens is 2. The van der Waals surface area contributed by atoms with Gasteiger partial charge in [-0.1, -0.05) is 35.5 Å². The number of hydrogen-bond acceptors (Lipinski definition) is 5. The lowest BCUT2D eigenvalue weighted by molar-refractivity contribution is -0.110. The van der Waals surface area contributed by atoms with Crippen molar-refractivity contribution in [2.75, 3.05) is 12.4 Å². The third-order valence-electron chi connectivity index (χ3n) is 3.79. The van der Waals surface area contributed by atoms with Gasteiger partial charge in [0.1, 0.15) is 22.9 Å². The highest BCUT2D eigenvalue weighted by Gasteiger charge is 2.28. The summed E-state index contributed by atoms with van der Waals surface area (Å²) in [5, 5.41) is 6.08. The lowest BCUT2D eigenvalue weighted by atomic mass is 10.0. The first kappa shape index (κ1) is 17.5. The van der Waals surface area contributed by atoms with E-state index in [0.717, 1.165) is 24.8 Å². The van der Waals surface area contributed by atoms with Crippen LogP contribution in [0.5, 0.6) is 0 Å². The van der Waals surface area contributed by atoms with Gasteiger partial charge in [0, 0.05) is 12.1 Å². The van der Waals surface area contributed by atoms with Crippen molar-refractivity contribution in [1.82, 2.24) is 0 Å². The molecule has 1 heterocycles. The fourth-order valence-electron chi connectivity index (χ4n) is 2.50. The Morgan fingerprint density at radius 2 is 1.85 bits per heavy atom. The average molecular weight is 360 g/mol. The third kappa shape index (κ3) is 3.53. The van der Waals surface area contributed by atoms with E-state index in [1.54, 1.807) is 0 Å². The van der Waals surface area contributed by atoms with Crippen LogP contribution in [0.1, 0.15) is 28.4 Å². The van der Waals surface area contributed by atoms with E-state index in [4.69, 9.17) is 4.84 Å². The molecule has 1 N–H and O–H groups in total. The van der Waals surface area contributed by atoms with Gasteiger partial charge in [-0.25, -0.2) is 13.6 Å². The van der Waals surface area contributed by atoms with Gasteiger partial charge in [-0.15, -0.1) is 0 Å². The molecule has 2 aromatic rings. The SMILES string of the molecule is COC(=O)c1c(F)cc(NC(=O)C2=NOC(c3ccccc3)C2)cc1F. The molecule has 1 atom stereocenters. The van der Waals surface area contributed by atoms with E-state index < -0.39 is 35.2 Å². The molecule has 26 heavy (non-hydrogen) atoms. The maximum atomic E-state index is 13.9. The van der Waals surface area contributed by atoms with Gasteiger partial charge in [0.05, 0.1) is 7.11 Å². The number of nitrogens with zero attached hydrogens (tertiary/aromatic N) is 1. The quantitative estimate of drug-likeness (QED) is 0.850. The van der Waals surface area contributed by atoms with Crippen LogP contribution in [0.2, 0.25) is 0 Å². The number of ether oxygens (including phenoxy) is 1. The van der Waals surface area contributed by atoms with Crippen LogP contribution in [0, 0.1) is 11.6 Å². The number of nitrogens with one attached hydrogen (secondary N) is 1. The molecular weight excluding hydrogens is 346 g/mol. The summed E-state index contributed by atoms with van der Waals surface area (Å²) in [5.74, 6) is -4.07. The number of rotatable bonds is 4. The highest BCUT2D eigenvalue weighted by molar-refractivity contribution is 6.43. The van der Waals surface area contributed by atoms with Gasteiger partial charge >= 0.3 is 5.97 Å². The summed E-state index contributed by atoms with van der Waals surface area (Å²) in [6.45, 7) is 0. The van der Waals surface area contributed by atoms with Crippen molar-refractivity contribution < 1.29 is 27.9 Å². The van der Waals surface area contributed by atoms with E-state index >= 15 is 0 Å². The monoisotopic (exact) mass is 360 g/mol. The zero-order chi connectivity index (χ0) is 18.7. The van der Waals surface area contributed by atoms with E-state index in [2.05, 4.69) is 15.2 Å². The first-order chi connectivity index (χ1) is 12.5. The summed E-state index contributed by atoms with van der Waals surface area (Å²) in [4.78, 5) is 28.8. The summed E-state index contributed by atoms with van der Waals surface area (Å²) in [6, 6.07) is 10.9. The molecule has 1 amide bonds. The zero-order valence-electron chi connectivity index (χ0n) is 13.7. The van der Waals surface area contributed by atoms with E-state index in [1.807, 2.05) is 30.3 Å². The van der Waals surface area contributed by atoms with Crippen LogP contribution in [0.3, 0.4) is 0 Å². The van der Waals surface area contributed by atoms with Gasteiger partial charge in [0.25, 0.3) is 5.91 Å². The minimum Gasteiger partial charge on any atom is -0.465 e. The second-order valence-electron chi connectivity index (χ2n) is 5.51. The number of carbonyl (C=O) groups is 2. The molecule has 0 saturated heterocycles. The fraction of sp³-hybridized carbons (Fsp3) is 0.167. The molecule has 0 aliphatic carbocycles. The first-order valence-corrected chi connectivity index (χ1v) is 7.66. The highest BCUT2D eigenvalue weighted by atomic mass is 19.1. The molecule has 134 valence electrons. The summed E-state index contributed by atoms with van der Waals surface area (Å²) >= 11 is 0. The van der Waals surface area contributed by atoms with Crippen molar-refractivity contribution in [3.63, 3.8) is 0 Å². The molecule has 2 aromatic carbocycles. The number of methoxy groups -OCH3 is 1. The van der Waals surface area contributed by atoms with Crippen LogP contribution in [0.4, 0.5) is 14.5 Å². The second kappa shape index (κ2) is 7.30. The maximum absolute atomic E-state index is 13.9. The van der Waals surface area contributed by atoms with Crippen molar-refractivity contribution in [3.05, 3.63) is 65.2 Å². The van der Waals surface area contributed by atoms with Crippen molar-refractivity contribution in [2.45, 2.75) is 12.5 Å². The normalized spacial score (nSPS) is 15.8. The van der Waals surface area contributed by atoms with Gasteiger partial charge in [-0.3, -0.25) is 4.79 Å². The largest absolute Gasteiger partial charge is 0.465 e. The lowest BCUT2D eigenvalue weighted by Crippen LogP contribution is -2.22. The molecule has 8 heteroatoms. The van der Waals surface area contributed by atoms with Crippen LogP contribution in [0.15, 0.2) is 47.6 Å². The van der Waals surface area contributed by atoms with Gasteiger partial charge in [-0.05, 0) is 17.7 Å². The van der Waals surface area contributed by atoms with E-state index in [1.165, 1.54) is 0 Å². The van der Waals surface area contributed by atoms with Gasteiger partial charge < -0.3 is 14.9 Å². The van der Waals surface area contributed by atoms with Gasteiger partial charge in [0.2, 0.25) is 0 Å². The molecule has 0 radical (unpaired) electrons. The lowest BCUT2D eigenvalue weighted by Gasteiger charge is -2.09. The van der Waals surface area contributed by atoms with Crippen LogP contribution >= 0.6 is 0 Å². The van der Waals surface area contributed by atoms with Gasteiger partial charge in [-0.2, -0.15) is 0 Å².